The maximum Gasteiger partial charge on any atom is 0.0109 e. The van der Waals surface area contributed by atoms with E-state index >= 15 is 0 Å². The van der Waals surface area contributed by atoms with Crippen LogP contribution in [0.3, 0.4) is 0 Å². The lowest BCUT2D eigenvalue weighted by Crippen LogP contribution is -1.91. The minimum Gasteiger partial charge on any atom is -0.327 e. The van der Waals surface area contributed by atoms with Crippen molar-refractivity contribution >= 4 is 12.6 Å². The fourth-order valence-corrected chi connectivity index (χ4v) is 0.410. The molecular weight excluding hydrogens is 130 g/mol. The van der Waals surface area contributed by atoms with Gasteiger partial charge in [0, 0.05) is 6.54 Å². The van der Waals surface area contributed by atoms with Crippen LogP contribution in [0.2, 0.25) is 0 Å². The number of thiol groups is 1. The molecular formula is C7H11NS. The Morgan fingerprint density at radius 3 is 2.67 bits per heavy atom. The smallest absolute Gasteiger partial charge is 0.0109 e. The quantitative estimate of drug-likeness (QED) is 0.452. The lowest BCUT2D eigenvalue weighted by Gasteiger charge is -1.79. The number of nitrogens with two attached hydrogens (primary N) is 1. The molecule has 0 bridgehead atoms. The fourth-order valence-electron chi connectivity index (χ4n) is 0.324. The maximum atomic E-state index is 5.18. The SMILES string of the molecule is C=C(S)/C=C\C=C/CN. The Balaban J connectivity index is 3.47. The van der Waals surface area contributed by atoms with E-state index in [1.807, 2.05) is 18.2 Å². The average molecular weight is 141 g/mol. The van der Waals surface area contributed by atoms with Crippen LogP contribution in [-0.4, -0.2) is 6.54 Å². The third-order valence-electron chi connectivity index (χ3n) is 0.672. The van der Waals surface area contributed by atoms with Gasteiger partial charge in [0.1, 0.15) is 0 Å². The van der Waals surface area contributed by atoms with Crippen molar-refractivity contribution in [2.24, 2.45) is 5.73 Å². The molecule has 2 N–H and O–H groups in total. The third kappa shape index (κ3) is 7.53. The first kappa shape index (κ1) is 8.53. The van der Waals surface area contributed by atoms with Crippen LogP contribution < -0.4 is 5.73 Å². The van der Waals surface area contributed by atoms with E-state index in [-0.39, 0.29) is 0 Å². The first-order valence-corrected chi connectivity index (χ1v) is 3.13. The van der Waals surface area contributed by atoms with Gasteiger partial charge in [0.05, 0.1) is 0 Å². The number of hydrogen-bond donors (Lipinski definition) is 2. The minimum atomic E-state index is 0.573. The van der Waals surface area contributed by atoms with E-state index in [9.17, 15) is 0 Å². The van der Waals surface area contributed by atoms with Crippen molar-refractivity contribution in [1.29, 1.82) is 0 Å². The van der Waals surface area contributed by atoms with Gasteiger partial charge in [0.25, 0.3) is 0 Å². The Hall–Kier alpha value is -0.470. The summed E-state index contributed by atoms with van der Waals surface area (Å²) in [5, 5.41) is 0. The van der Waals surface area contributed by atoms with Gasteiger partial charge in [-0.2, -0.15) is 0 Å². The first-order chi connectivity index (χ1) is 4.27. The average Bonchev–Trinajstić information content (AvgIpc) is 1.80. The second kappa shape index (κ2) is 5.66. The molecule has 0 saturated heterocycles. The molecule has 0 aromatic heterocycles. The van der Waals surface area contributed by atoms with Crippen molar-refractivity contribution in [2.75, 3.05) is 6.54 Å². The van der Waals surface area contributed by atoms with Crippen molar-refractivity contribution in [1.82, 2.24) is 0 Å². The third-order valence-corrected chi connectivity index (χ3v) is 0.821. The van der Waals surface area contributed by atoms with E-state index in [0.717, 1.165) is 4.91 Å². The normalized spacial score (nSPS) is 11.3. The largest absolute Gasteiger partial charge is 0.327 e. The fraction of sp³-hybridized carbons (Fsp3) is 0.143. The Morgan fingerprint density at radius 1 is 1.56 bits per heavy atom. The van der Waals surface area contributed by atoms with Crippen LogP contribution in [0.5, 0.6) is 0 Å². The van der Waals surface area contributed by atoms with Crippen LogP contribution in [0.25, 0.3) is 0 Å². The number of hydrogen-bond acceptors (Lipinski definition) is 2. The van der Waals surface area contributed by atoms with Crippen molar-refractivity contribution in [3.8, 4) is 0 Å². The molecule has 0 rings (SSSR count). The second-order valence-corrected chi connectivity index (χ2v) is 2.09. The molecule has 0 amide bonds. The molecule has 0 radical (unpaired) electrons. The molecule has 2 heteroatoms. The minimum absolute atomic E-state index is 0.573. The van der Waals surface area contributed by atoms with Crippen LogP contribution >= 0.6 is 12.6 Å². The molecule has 9 heavy (non-hydrogen) atoms. The van der Waals surface area contributed by atoms with Crippen LogP contribution in [0.15, 0.2) is 35.8 Å². The summed E-state index contributed by atoms with van der Waals surface area (Å²) in [4.78, 5) is 0.747. The highest BCUT2D eigenvalue weighted by Crippen LogP contribution is 1.95. The zero-order valence-corrected chi connectivity index (χ0v) is 6.14. The van der Waals surface area contributed by atoms with Crippen LogP contribution in [0.1, 0.15) is 0 Å². The van der Waals surface area contributed by atoms with Gasteiger partial charge in [-0.3, -0.25) is 0 Å². The summed E-state index contributed by atoms with van der Waals surface area (Å²) < 4.78 is 0. The van der Waals surface area contributed by atoms with Gasteiger partial charge >= 0.3 is 0 Å². The summed E-state index contributed by atoms with van der Waals surface area (Å²) in [5.74, 6) is 0. The molecule has 0 aromatic rings. The Labute approximate surface area is 61.4 Å². The summed E-state index contributed by atoms with van der Waals surface area (Å²) in [5.41, 5.74) is 5.18. The van der Waals surface area contributed by atoms with Crippen molar-refractivity contribution in [2.45, 2.75) is 0 Å². The van der Waals surface area contributed by atoms with Crippen molar-refractivity contribution < 1.29 is 0 Å². The summed E-state index contributed by atoms with van der Waals surface area (Å²) in [7, 11) is 0. The zero-order chi connectivity index (χ0) is 7.11. The lowest BCUT2D eigenvalue weighted by atomic mass is 10.4. The van der Waals surface area contributed by atoms with E-state index in [1.54, 1.807) is 6.08 Å². The van der Waals surface area contributed by atoms with Crippen LogP contribution in [0.4, 0.5) is 0 Å². The summed E-state index contributed by atoms with van der Waals surface area (Å²) >= 11 is 3.95. The number of allylic oxidation sites excluding steroid dienone is 3. The molecule has 0 aliphatic carbocycles. The highest BCUT2D eigenvalue weighted by atomic mass is 32.1. The van der Waals surface area contributed by atoms with Gasteiger partial charge in [-0.1, -0.05) is 24.8 Å². The van der Waals surface area contributed by atoms with Gasteiger partial charge in [0.15, 0.2) is 0 Å². The molecule has 0 aliphatic heterocycles. The van der Waals surface area contributed by atoms with Crippen molar-refractivity contribution in [3.05, 3.63) is 35.8 Å². The molecule has 0 heterocycles. The standard InChI is InChI=1S/C7H11NS/c1-7(9)5-3-2-4-6-8/h2-5,9H,1,6,8H2/b4-2-,5-3-. The van der Waals surface area contributed by atoms with Gasteiger partial charge < -0.3 is 5.73 Å². The first-order valence-electron chi connectivity index (χ1n) is 2.68. The van der Waals surface area contributed by atoms with E-state index in [2.05, 4.69) is 19.2 Å². The molecule has 0 atom stereocenters. The Kier molecular flexibility index (Phi) is 5.37. The van der Waals surface area contributed by atoms with E-state index < -0.39 is 0 Å². The lowest BCUT2D eigenvalue weighted by molar-refractivity contribution is 1.25. The maximum absolute atomic E-state index is 5.18. The molecule has 0 spiro atoms. The van der Waals surface area contributed by atoms with Crippen molar-refractivity contribution in [3.63, 3.8) is 0 Å². The summed E-state index contributed by atoms with van der Waals surface area (Å²) in [6, 6.07) is 0. The van der Waals surface area contributed by atoms with Crippen LogP contribution in [-0.2, 0) is 0 Å². The highest BCUT2D eigenvalue weighted by Gasteiger charge is 1.68. The molecule has 50 valence electrons. The second-order valence-electron chi connectivity index (χ2n) is 1.51. The molecule has 0 saturated carbocycles. The molecule has 0 fully saturated rings. The predicted octanol–water partition coefficient (Wildman–Crippen LogP) is 1.50. The Morgan fingerprint density at radius 2 is 2.22 bits per heavy atom. The summed E-state index contributed by atoms with van der Waals surface area (Å²) in [6.45, 7) is 4.14. The van der Waals surface area contributed by atoms with Gasteiger partial charge in [-0.15, -0.1) is 12.6 Å². The van der Waals surface area contributed by atoms with E-state index in [1.165, 1.54) is 0 Å². The predicted molar refractivity (Wildman–Crippen MR) is 45.5 cm³/mol. The molecule has 0 unspecified atom stereocenters. The van der Waals surface area contributed by atoms with Crippen LogP contribution in [0, 0.1) is 0 Å². The monoisotopic (exact) mass is 141 g/mol. The topological polar surface area (TPSA) is 26.0 Å². The van der Waals surface area contributed by atoms with E-state index in [0.29, 0.717) is 6.54 Å². The highest BCUT2D eigenvalue weighted by molar-refractivity contribution is 7.84. The van der Waals surface area contributed by atoms with E-state index in [4.69, 9.17) is 5.73 Å². The zero-order valence-electron chi connectivity index (χ0n) is 5.25. The number of rotatable bonds is 3. The van der Waals surface area contributed by atoms with Gasteiger partial charge in [-0.25, -0.2) is 0 Å². The van der Waals surface area contributed by atoms with Gasteiger partial charge in [-0.05, 0) is 11.0 Å². The summed E-state index contributed by atoms with van der Waals surface area (Å²) in [6.07, 6.45) is 7.37. The van der Waals surface area contributed by atoms with Gasteiger partial charge in [0.2, 0.25) is 0 Å². The molecule has 0 aliphatic rings. The molecule has 0 aromatic carbocycles. The Bertz CT molecular complexity index is 136. The molecule has 1 nitrogen and oxygen atoms in total.